The van der Waals surface area contributed by atoms with Crippen molar-refractivity contribution in [3.05, 3.63) is 30.5 Å². The zero-order chi connectivity index (χ0) is 22.1. The highest BCUT2D eigenvalue weighted by Crippen LogP contribution is 2.61. The normalized spacial score (nSPS) is 42.9. The average molecular weight is 442 g/mol. The van der Waals surface area contributed by atoms with Crippen LogP contribution >= 0.6 is 0 Å². The Hall–Kier alpha value is -2.00. The SMILES string of the molecule is COc1ccc(-c2cn([C@H]3O[C@@H]4O[C@]5(C)CC[C@H]6[C@H](C)CC[C@@H]([C@@H]3C)[C@@]46OO5)nn2)cc1. The molecular weight excluding hydrogens is 410 g/mol. The first kappa shape index (κ1) is 20.6. The van der Waals surface area contributed by atoms with Gasteiger partial charge in [0.05, 0.1) is 13.3 Å². The standard InChI is InChI=1S/C24H31N3O5/c1-14-5-10-19-15(2)21(27-13-20(25-26-27)16-6-8-17(28-4)9-7-16)29-22-24(19)18(14)11-12-23(3,30-22)31-32-24/h6-9,13-15,18-19,21-22H,5,10-12H2,1-4H3/t14-,15+,18+,19+,21+,22-,23+,24-/m1/s1. The van der Waals surface area contributed by atoms with Gasteiger partial charge in [-0.25, -0.2) is 14.5 Å². The molecule has 1 spiro atoms. The van der Waals surface area contributed by atoms with Crippen LogP contribution in [0.1, 0.15) is 52.7 Å². The summed E-state index contributed by atoms with van der Waals surface area (Å²) in [5.74, 6) is 1.35. The molecule has 0 unspecified atom stereocenters. The third-order valence-corrected chi connectivity index (χ3v) is 8.28. The van der Waals surface area contributed by atoms with Crippen LogP contribution in [-0.2, 0) is 19.2 Å². The van der Waals surface area contributed by atoms with Crippen LogP contribution in [0.4, 0.5) is 0 Å². The van der Waals surface area contributed by atoms with Crippen molar-refractivity contribution in [2.75, 3.05) is 7.11 Å². The molecule has 0 N–H and O–H groups in total. The Morgan fingerprint density at radius 3 is 2.66 bits per heavy atom. The Morgan fingerprint density at radius 2 is 1.88 bits per heavy atom. The molecule has 2 aromatic rings. The number of ether oxygens (including phenoxy) is 3. The Bertz CT molecular complexity index is 996. The summed E-state index contributed by atoms with van der Waals surface area (Å²) in [6, 6.07) is 7.82. The zero-order valence-electron chi connectivity index (χ0n) is 19.1. The van der Waals surface area contributed by atoms with Crippen molar-refractivity contribution in [3.63, 3.8) is 0 Å². The molecule has 1 aromatic carbocycles. The van der Waals surface area contributed by atoms with E-state index in [0.29, 0.717) is 11.8 Å². The number of fused-ring (bicyclic) bond motifs is 2. The highest BCUT2D eigenvalue weighted by atomic mass is 17.3. The van der Waals surface area contributed by atoms with Crippen molar-refractivity contribution in [1.29, 1.82) is 0 Å². The summed E-state index contributed by atoms with van der Waals surface area (Å²) in [7, 11) is 1.66. The second kappa shape index (κ2) is 7.25. The number of hydrogen-bond acceptors (Lipinski definition) is 7. The van der Waals surface area contributed by atoms with Gasteiger partial charge >= 0.3 is 0 Å². The van der Waals surface area contributed by atoms with E-state index in [1.54, 1.807) is 7.11 Å². The largest absolute Gasteiger partial charge is 0.497 e. The zero-order valence-corrected chi connectivity index (χ0v) is 19.1. The number of aromatic nitrogens is 3. The first-order valence-corrected chi connectivity index (χ1v) is 11.7. The molecule has 0 amide bonds. The minimum absolute atomic E-state index is 0.168. The molecular formula is C24H31N3O5. The molecule has 4 saturated heterocycles. The summed E-state index contributed by atoms with van der Waals surface area (Å²) in [4.78, 5) is 12.1. The van der Waals surface area contributed by atoms with E-state index in [1.807, 2.05) is 42.1 Å². The quantitative estimate of drug-likeness (QED) is 0.656. The van der Waals surface area contributed by atoms with Crippen LogP contribution in [-0.4, -0.2) is 39.8 Å². The third-order valence-electron chi connectivity index (χ3n) is 8.28. The molecule has 8 nitrogen and oxygen atoms in total. The molecule has 0 radical (unpaired) electrons. The summed E-state index contributed by atoms with van der Waals surface area (Å²) < 4.78 is 20.2. The van der Waals surface area contributed by atoms with Crippen molar-refractivity contribution in [1.82, 2.24) is 15.0 Å². The summed E-state index contributed by atoms with van der Waals surface area (Å²) >= 11 is 0. The van der Waals surface area contributed by atoms with Gasteiger partial charge in [0.15, 0.2) is 18.1 Å². The predicted octanol–water partition coefficient (Wildman–Crippen LogP) is 4.33. The maximum absolute atomic E-state index is 6.64. The predicted molar refractivity (Wildman–Crippen MR) is 114 cm³/mol. The molecule has 5 aliphatic rings. The second-order valence-electron chi connectivity index (χ2n) is 10.1. The van der Waals surface area contributed by atoms with E-state index in [9.17, 15) is 0 Å². The van der Waals surface area contributed by atoms with Gasteiger partial charge in [0.1, 0.15) is 11.4 Å². The van der Waals surface area contributed by atoms with Gasteiger partial charge in [-0.05, 0) is 62.3 Å². The van der Waals surface area contributed by atoms with Gasteiger partial charge in [0.2, 0.25) is 5.79 Å². The number of rotatable bonds is 3. The van der Waals surface area contributed by atoms with E-state index in [4.69, 9.17) is 24.0 Å². The Balaban J connectivity index is 1.34. The van der Waals surface area contributed by atoms with E-state index in [-0.39, 0.29) is 18.1 Å². The van der Waals surface area contributed by atoms with Gasteiger partial charge in [-0.1, -0.05) is 19.1 Å². The number of benzene rings is 1. The van der Waals surface area contributed by atoms with E-state index in [0.717, 1.165) is 36.3 Å². The van der Waals surface area contributed by atoms with Gasteiger partial charge in [-0.3, -0.25) is 0 Å². The molecule has 7 rings (SSSR count). The molecule has 8 atom stereocenters. The van der Waals surface area contributed by atoms with E-state index in [1.165, 1.54) is 6.42 Å². The summed E-state index contributed by atoms with van der Waals surface area (Å²) in [6.07, 6.45) is 5.25. The molecule has 8 heteroatoms. The van der Waals surface area contributed by atoms with Crippen LogP contribution in [0.2, 0.25) is 0 Å². The van der Waals surface area contributed by atoms with Crippen molar-refractivity contribution >= 4 is 0 Å². The topological polar surface area (TPSA) is 76.9 Å². The maximum Gasteiger partial charge on any atom is 0.201 e. The second-order valence-corrected chi connectivity index (χ2v) is 10.1. The first-order chi connectivity index (χ1) is 15.4. The molecule has 5 fully saturated rings. The lowest BCUT2D eigenvalue weighted by molar-refractivity contribution is -0.574. The Labute approximate surface area is 188 Å². The third kappa shape index (κ3) is 2.89. The fourth-order valence-electron chi connectivity index (χ4n) is 6.48. The lowest BCUT2D eigenvalue weighted by Gasteiger charge is -2.60. The summed E-state index contributed by atoms with van der Waals surface area (Å²) in [5, 5.41) is 8.87. The summed E-state index contributed by atoms with van der Waals surface area (Å²) in [5.41, 5.74) is 1.22. The number of nitrogens with zero attached hydrogens (tertiary/aromatic N) is 3. The monoisotopic (exact) mass is 441 g/mol. The van der Waals surface area contributed by atoms with Crippen molar-refractivity contribution in [2.45, 2.75) is 70.4 Å². The van der Waals surface area contributed by atoms with Crippen LogP contribution in [0, 0.1) is 23.7 Å². The highest BCUT2D eigenvalue weighted by molar-refractivity contribution is 5.58. The van der Waals surface area contributed by atoms with Crippen LogP contribution in [0.3, 0.4) is 0 Å². The lowest BCUT2D eigenvalue weighted by Crippen LogP contribution is -2.69. The van der Waals surface area contributed by atoms with E-state index in [2.05, 4.69) is 24.2 Å². The van der Waals surface area contributed by atoms with Crippen LogP contribution in [0.25, 0.3) is 11.3 Å². The number of hydrogen-bond donors (Lipinski definition) is 0. The van der Waals surface area contributed by atoms with Crippen molar-refractivity contribution < 1.29 is 24.0 Å². The van der Waals surface area contributed by atoms with Gasteiger partial charge in [-0.2, -0.15) is 0 Å². The smallest absolute Gasteiger partial charge is 0.201 e. The van der Waals surface area contributed by atoms with Gasteiger partial charge in [0.25, 0.3) is 0 Å². The van der Waals surface area contributed by atoms with Crippen LogP contribution in [0.15, 0.2) is 30.5 Å². The van der Waals surface area contributed by atoms with Gasteiger partial charge < -0.3 is 14.2 Å². The lowest BCUT2D eigenvalue weighted by atomic mass is 9.58. The van der Waals surface area contributed by atoms with Gasteiger partial charge in [0, 0.05) is 23.8 Å². The van der Waals surface area contributed by atoms with Gasteiger partial charge in [-0.15, -0.1) is 5.10 Å². The molecule has 1 saturated carbocycles. The van der Waals surface area contributed by atoms with Crippen LogP contribution < -0.4 is 4.74 Å². The first-order valence-electron chi connectivity index (χ1n) is 11.7. The molecule has 172 valence electrons. The minimum Gasteiger partial charge on any atom is -0.497 e. The molecule has 32 heavy (non-hydrogen) atoms. The minimum atomic E-state index is -0.778. The fourth-order valence-corrected chi connectivity index (χ4v) is 6.48. The van der Waals surface area contributed by atoms with E-state index >= 15 is 0 Å². The molecule has 1 aliphatic carbocycles. The molecule has 2 bridgehead atoms. The average Bonchev–Trinajstić information content (AvgIpc) is 3.18. The van der Waals surface area contributed by atoms with Crippen molar-refractivity contribution in [3.8, 4) is 17.0 Å². The molecule has 5 heterocycles. The molecule has 4 aliphatic heterocycles. The Morgan fingerprint density at radius 1 is 1.06 bits per heavy atom. The Kier molecular flexibility index (Phi) is 4.67. The maximum atomic E-state index is 6.64. The summed E-state index contributed by atoms with van der Waals surface area (Å²) in [6.45, 7) is 6.50. The highest BCUT2D eigenvalue weighted by Gasteiger charge is 2.69. The fraction of sp³-hybridized carbons (Fsp3) is 0.667. The van der Waals surface area contributed by atoms with Crippen molar-refractivity contribution in [2.24, 2.45) is 23.7 Å². The van der Waals surface area contributed by atoms with Crippen LogP contribution in [0.5, 0.6) is 5.75 Å². The number of methoxy groups -OCH3 is 1. The molecule has 1 aromatic heterocycles. The van der Waals surface area contributed by atoms with E-state index < -0.39 is 17.7 Å².